The highest BCUT2D eigenvalue weighted by atomic mass is 32.2. The smallest absolute Gasteiger partial charge is 0.338 e. The normalized spacial score (nSPS) is 16.6. The number of carbonyl (C=O) groups excluding carboxylic acids is 2. The number of hydrogen-bond acceptors (Lipinski definition) is 6. The number of carboxylic acid groups (broad SMARTS) is 1. The molecule has 8 heteroatoms. The number of aryl methyl sites for hydroxylation is 2. The van der Waals surface area contributed by atoms with Crippen LogP contribution in [0.2, 0.25) is 0 Å². The van der Waals surface area contributed by atoms with E-state index in [0.29, 0.717) is 5.56 Å². The first-order valence-corrected chi connectivity index (χ1v) is 10.9. The lowest BCUT2D eigenvalue weighted by molar-refractivity contribution is -0.132. The SMILES string of the molecule is CC(=O)Oc1cc(C(=O)OC(c2cc(C)ccc2C(=O)O)C2CCCS2)cc(C)c1F. The third kappa shape index (κ3) is 5.25. The largest absolute Gasteiger partial charge is 0.478 e. The van der Waals surface area contributed by atoms with Crippen molar-refractivity contribution in [3.63, 3.8) is 0 Å². The highest BCUT2D eigenvalue weighted by Gasteiger charge is 2.33. The Kier molecular flexibility index (Phi) is 7.00. The average Bonchev–Trinajstić information content (AvgIpc) is 3.23. The van der Waals surface area contributed by atoms with Gasteiger partial charge in [0.2, 0.25) is 0 Å². The standard InChI is InChI=1S/C23H23FO6S/c1-12-6-7-16(22(26)27)17(9-12)21(19-5-4-8-31-19)30-23(28)15-10-13(2)20(24)18(11-15)29-14(3)25/h6-7,9-11,19,21H,4-5,8H2,1-3H3,(H,26,27). The van der Waals surface area contributed by atoms with Crippen LogP contribution in [-0.4, -0.2) is 34.0 Å². The third-order valence-corrected chi connectivity index (χ3v) is 6.43. The lowest BCUT2D eigenvalue weighted by atomic mass is 9.96. The zero-order valence-corrected chi connectivity index (χ0v) is 18.3. The molecule has 1 heterocycles. The number of esters is 2. The third-order valence-electron chi connectivity index (χ3n) is 4.99. The molecule has 6 nitrogen and oxygen atoms in total. The number of thioether (sulfide) groups is 1. The van der Waals surface area contributed by atoms with Gasteiger partial charge in [-0.25, -0.2) is 14.0 Å². The Balaban J connectivity index is 1.99. The Morgan fingerprint density at radius 2 is 1.94 bits per heavy atom. The van der Waals surface area contributed by atoms with Crippen LogP contribution in [-0.2, 0) is 9.53 Å². The molecule has 0 spiro atoms. The van der Waals surface area contributed by atoms with Gasteiger partial charge in [0.15, 0.2) is 11.6 Å². The molecule has 1 fully saturated rings. The summed E-state index contributed by atoms with van der Waals surface area (Å²) in [5.41, 5.74) is 1.50. The molecule has 2 aromatic carbocycles. The van der Waals surface area contributed by atoms with E-state index in [9.17, 15) is 23.9 Å². The quantitative estimate of drug-likeness (QED) is 0.501. The van der Waals surface area contributed by atoms with Crippen LogP contribution in [0.3, 0.4) is 0 Å². The number of halogens is 1. The predicted octanol–water partition coefficient (Wildman–Crippen LogP) is 4.86. The van der Waals surface area contributed by atoms with Gasteiger partial charge >= 0.3 is 17.9 Å². The Morgan fingerprint density at radius 1 is 1.19 bits per heavy atom. The van der Waals surface area contributed by atoms with Gasteiger partial charge in [-0.05, 0) is 56.2 Å². The van der Waals surface area contributed by atoms with Crippen molar-refractivity contribution in [2.45, 2.75) is 45.0 Å². The van der Waals surface area contributed by atoms with E-state index < -0.39 is 29.8 Å². The van der Waals surface area contributed by atoms with Crippen LogP contribution < -0.4 is 4.74 Å². The Bertz CT molecular complexity index is 1030. The van der Waals surface area contributed by atoms with Crippen molar-refractivity contribution in [2.24, 2.45) is 0 Å². The second-order valence-corrected chi connectivity index (χ2v) is 8.82. The minimum atomic E-state index is -1.10. The summed E-state index contributed by atoms with van der Waals surface area (Å²) in [5, 5.41) is 9.55. The van der Waals surface area contributed by atoms with Crippen LogP contribution >= 0.6 is 11.8 Å². The molecule has 1 aliphatic rings. The van der Waals surface area contributed by atoms with Gasteiger partial charge in [0.25, 0.3) is 0 Å². The number of carboxylic acids is 1. The Labute approximate surface area is 183 Å². The van der Waals surface area contributed by atoms with Gasteiger partial charge in [-0.1, -0.05) is 17.7 Å². The molecule has 0 bridgehead atoms. The van der Waals surface area contributed by atoms with E-state index >= 15 is 0 Å². The van der Waals surface area contributed by atoms with Crippen LogP contribution in [0.15, 0.2) is 30.3 Å². The van der Waals surface area contributed by atoms with Crippen molar-refractivity contribution in [2.75, 3.05) is 5.75 Å². The van der Waals surface area contributed by atoms with Crippen LogP contribution in [0, 0.1) is 19.7 Å². The number of rotatable bonds is 6. The fourth-order valence-corrected chi connectivity index (χ4v) is 4.91. The fourth-order valence-electron chi connectivity index (χ4n) is 3.56. The van der Waals surface area contributed by atoms with E-state index in [0.717, 1.165) is 37.1 Å². The predicted molar refractivity (Wildman–Crippen MR) is 114 cm³/mol. The number of hydrogen-bond donors (Lipinski definition) is 1. The molecule has 0 amide bonds. The highest BCUT2D eigenvalue weighted by Crippen LogP contribution is 2.40. The molecule has 2 aromatic rings. The molecule has 1 saturated heterocycles. The molecule has 1 aliphatic heterocycles. The van der Waals surface area contributed by atoms with Gasteiger partial charge < -0.3 is 14.6 Å². The summed E-state index contributed by atoms with van der Waals surface area (Å²) in [5.74, 6) is -2.76. The van der Waals surface area contributed by atoms with Crippen LogP contribution in [0.4, 0.5) is 4.39 Å². The highest BCUT2D eigenvalue weighted by molar-refractivity contribution is 8.00. The average molecular weight is 446 g/mol. The number of aromatic carboxylic acids is 1. The molecule has 0 aliphatic carbocycles. The second kappa shape index (κ2) is 9.51. The molecule has 164 valence electrons. The van der Waals surface area contributed by atoms with E-state index in [1.54, 1.807) is 23.9 Å². The van der Waals surface area contributed by atoms with E-state index in [4.69, 9.17) is 9.47 Å². The topological polar surface area (TPSA) is 89.9 Å². The van der Waals surface area contributed by atoms with Crippen molar-refractivity contribution in [3.8, 4) is 5.75 Å². The zero-order chi connectivity index (χ0) is 22.7. The second-order valence-electron chi connectivity index (χ2n) is 7.47. The lowest BCUT2D eigenvalue weighted by Crippen LogP contribution is -2.23. The van der Waals surface area contributed by atoms with Crippen molar-refractivity contribution < 1.29 is 33.4 Å². The van der Waals surface area contributed by atoms with Crippen molar-refractivity contribution in [1.29, 1.82) is 0 Å². The molecule has 3 rings (SSSR count). The molecule has 0 aromatic heterocycles. The van der Waals surface area contributed by atoms with Gasteiger partial charge in [-0.15, -0.1) is 0 Å². The fraction of sp³-hybridized carbons (Fsp3) is 0.348. The van der Waals surface area contributed by atoms with Crippen LogP contribution in [0.5, 0.6) is 5.75 Å². The Morgan fingerprint density at radius 3 is 2.55 bits per heavy atom. The number of ether oxygens (including phenoxy) is 2. The first-order valence-electron chi connectivity index (χ1n) is 9.82. The molecular formula is C23H23FO6S. The molecular weight excluding hydrogens is 423 g/mol. The van der Waals surface area contributed by atoms with E-state index in [1.807, 2.05) is 6.92 Å². The van der Waals surface area contributed by atoms with Crippen molar-refractivity contribution in [1.82, 2.24) is 0 Å². The van der Waals surface area contributed by atoms with Crippen molar-refractivity contribution in [3.05, 3.63) is 64.0 Å². The minimum Gasteiger partial charge on any atom is -0.478 e. The molecule has 0 radical (unpaired) electrons. The molecule has 2 atom stereocenters. The summed E-state index contributed by atoms with van der Waals surface area (Å²) in [6.45, 7) is 4.43. The molecule has 0 saturated carbocycles. The van der Waals surface area contributed by atoms with Gasteiger partial charge in [-0.3, -0.25) is 4.79 Å². The minimum absolute atomic E-state index is 0.0210. The monoisotopic (exact) mass is 446 g/mol. The zero-order valence-electron chi connectivity index (χ0n) is 17.4. The van der Waals surface area contributed by atoms with Crippen LogP contribution in [0.25, 0.3) is 0 Å². The first-order chi connectivity index (χ1) is 14.7. The van der Waals surface area contributed by atoms with Gasteiger partial charge in [0.05, 0.1) is 11.1 Å². The summed E-state index contributed by atoms with van der Waals surface area (Å²) in [7, 11) is 0. The molecule has 31 heavy (non-hydrogen) atoms. The molecule has 2 unspecified atom stereocenters. The van der Waals surface area contributed by atoms with E-state index in [2.05, 4.69) is 0 Å². The van der Waals surface area contributed by atoms with Crippen LogP contribution in [0.1, 0.15) is 63.3 Å². The summed E-state index contributed by atoms with van der Waals surface area (Å²) >= 11 is 1.63. The maximum atomic E-state index is 14.3. The maximum Gasteiger partial charge on any atom is 0.338 e. The summed E-state index contributed by atoms with van der Waals surface area (Å²) in [6, 6.07) is 7.37. The number of carbonyl (C=O) groups is 3. The van der Waals surface area contributed by atoms with Gasteiger partial charge in [0.1, 0.15) is 6.10 Å². The van der Waals surface area contributed by atoms with E-state index in [1.165, 1.54) is 19.1 Å². The first kappa shape index (κ1) is 22.8. The van der Waals surface area contributed by atoms with E-state index in [-0.39, 0.29) is 27.7 Å². The van der Waals surface area contributed by atoms with Gasteiger partial charge in [-0.2, -0.15) is 11.8 Å². The summed E-state index contributed by atoms with van der Waals surface area (Å²) in [4.78, 5) is 36.1. The van der Waals surface area contributed by atoms with Gasteiger partial charge in [0, 0.05) is 17.7 Å². The van der Waals surface area contributed by atoms with Crippen molar-refractivity contribution >= 4 is 29.7 Å². The maximum absolute atomic E-state index is 14.3. The summed E-state index contributed by atoms with van der Waals surface area (Å²) < 4.78 is 25.0. The lowest BCUT2D eigenvalue weighted by Gasteiger charge is -2.25. The summed E-state index contributed by atoms with van der Waals surface area (Å²) in [6.07, 6.45) is 0.925. The molecule has 1 N–H and O–H groups in total. The Hall–Kier alpha value is -2.87. The number of benzene rings is 2.